The number of anilines is 1. The standard InChI is InChI=1S/C18H23N3O6S2/c1-5-12-10(3)29-17(16(12)18(24)25-6-2)20-14(22)7-26-15(23)9-28-8-13-19-11(4)27-21-13/h5-9H2,1-4H3,(H,20,22). The number of hydrogen-bond acceptors (Lipinski definition) is 10. The number of hydrogen-bond donors (Lipinski definition) is 1. The lowest BCUT2D eigenvalue weighted by atomic mass is 10.1. The Morgan fingerprint density at radius 3 is 2.59 bits per heavy atom. The Labute approximate surface area is 176 Å². The van der Waals surface area contributed by atoms with Gasteiger partial charge in [0.1, 0.15) is 5.00 Å². The van der Waals surface area contributed by atoms with Gasteiger partial charge >= 0.3 is 11.9 Å². The number of esters is 2. The average molecular weight is 442 g/mol. The fraction of sp³-hybridized carbons (Fsp3) is 0.500. The lowest BCUT2D eigenvalue weighted by Gasteiger charge is -2.08. The summed E-state index contributed by atoms with van der Waals surface area (Å²) in [7, 11) is 0. The van der Waals surface area contributed by atoms with Gasteiger partial charge in [-0.05, 0) is 25.8 Å². The van der Waals surface area contributed by atoms with Gasteiger partial charge in [0.25, 0.3) is 5.91 Å². The van der Waals surface area contributed by atoms with Crippen molar-refractivity contribution in [3.05, 3.63) is 27.7 Å². The predicted molar refractivity (Wildman–Crippen MR) is 109 cm³/mol. The van der Waals surface area contributed by atoms with E-state index in [1.54, 1.807) is 13.8 Å². The Kier molecular flexibility index (Phi) is 8.65. The number of thiophene rings is 1. The van der Waals surface area contributed by atoms with Crippen LogP contribution in [0.2, 0.25) is 0 Å². The lowest BCUT2D eigenvalue weighted by Crippen LogP contribution is -2.22. The van der Waals surface area contributed by atoms with Gasteiger partial charge in [-0.15, -0.1) is 23.1 Å². The van der Waals surface area contributed by atoms with Gasteiger partial charge in [0.05, 0.1) is 23.7 Å². The zero-order valence-corrected chi connectivity index (χ0v) is 18.3. The van der Waals surface area contributed by atoms with E-state index in [2.05, 4.69) is 15.5 Å². The molecular formula is C18H23N3O6S2. The summed E-state index contributed by atoms with van der Waals surface area (Å²) < 4.78 is 14.9. The molecule has 0 aliphatic rings. The minimum absolute atomic E-state index is 0.0486. The highest BCUT2D eigenvalue weighted by atomic mass is 32.2. The van der Waals surface area contributed by atoms with Crippen molar-refractivity contribution in [1.29, 1.82) is 0 Å². The van der Waals surface area contributed by atoms with E-state index in [4.69, 9.17) is 14.0 Å². The molecule has 0 spiro atoms. The van der Waals surface area contributed by atoms with Gasteiger partial charge in [-0.1, -0.05) is 12.1 Å². The smallest absolute Gasteiger partial charge is 0.341 e. The van der Waals surface area contributed by atoms with Gasteiger partial charge in [-0.2, -0.15) is 4.98 Å². The second-order valence-electron chi connectivity index (χ2n) is 5.85. The van der Waals surface area contributed by atoms with E-state index < -0.39 is 24.5 Å². The molecule has 2 heterocycles. The third-order valence-electron chi connectivity index (χ3n) is 3.68. The largest absolute Gasteiger partial charge is 0.462 e. The molecule has 1 amide bonds. The number of amides is 1. The normalized spacial score (nSPS) is 10.6. The Hall–Kier alpha value is -2.40. The van der Waals surface area contributed by atoms with Crippen molar-refractivity contribution in [3.8, 4) is 0 Å². The van der Waals surface area contributed by atoms with E-state index in [0.29, 0.717) is 34.5 Å². The molecule has 1 N–H and O–H groups in total. The molecule has 0 bridgehead atoms. The first kappa shape index (κ1) is 22.9. The van der Waals surface area contributed by atoms with Crippen molar-refractivity contribution in [1.82, 2.24) is 10.1 Å². The van der Waals surface area contributed by atoms with Crippen LogP contribution in [0.3, 0.4) is 0 Å². The number of carbonyl (C=O) groups is 3. The van der Waals surface area contributed by atoms with Gasteiger partial charge in [0.15, 0.2) is 12.4 Å². The summed E-state index contributed by atoms with van der Waals surface area (Å²) in [5.74, 6) is -0.141. The van der Waals surface area contributed by atoms with Gasteiger partial charge in [-0.25, -0.2) is 4.79 Å². The van der Waals surface area contributed by atoms with E-state index in [-0.39, 0.29) is 12.4 Å². The Balaban J connectivity index is 1.85. The molecule has 2 aromatic heterocycles. The maximum absolute atomic E-state index is 12.3. The molecule has 29 heavy (non-hydrogen) atoms. The van der Waals surface area contributed by atoms with Crippen molar-refractivity contribution in [2.45, 2.75) is 39.9 Å². The molecule has 0 radical (unpaired) electrons. The highest BCUT2D eigenvalue weighted by Crippen LogP contribution is 2.34. The van der Waals surface area contributed by atoms with E-state index in [1.165, 1.54) is 23.1 Å². The summed E-state index contributed by atoms with van der Waals surface area (Å²) in [5.41, 5.74) is 1.20. The van der Waals surface area contributed by atoms with Gasteiger partial charge in [0, 0.05) is 11.8 Å². The van der Waals surface area contributed by atoms with Crippen LogP contribution in [0.15, 0.2) is 4.52 Å². The highest BCUT2D eigenvalue weighted by Gasteiger charge is 2.23. The topological polar surface area (TPSA) is 121 Å². The molecule has 11 heteroatoms. The number of nitrogens with one attached hydrogen (secondary N) is 1. The molecule has 0 unspecified atom stereocenters. The van der Waals surface area contributed by atoms with Crippen LogP contribution in [0.4, 0.5) is 5.00 Å². The Morgan fingerprint density at radius 1 is 1.21 bits per heavy atom. The van der Waals surface area contributed by atoms with Crippen LogP contribution < -0.4 is 5.32 Å². The van der Waals surface area contributed by atoms with E-state index in [0.717, 1.165) is 10.4 Å². The third kappa shape index (κ3) is 6.57. The van der Waals surface area contributed by atoms with Crippen molar-refractivity contribution in [3.63, 3.8) is 0 Å². The maximum Gasteiger partial charge on any atom is 0.341 e. The SMILES string of the molecule is CCOC(=O)c1c(NC(=O)COC(=O)CSCc2noc(C)n2)sc(C)c1CC. The minimum atomic E-state index is -0.535. The zero-order chi connectivity index (χ0) is 21.4. The molecule has 9 nitrogen and oxygen atoms in total. The maximum atomic E-state index is 12.3. The molecule has 158 valence electrons. The van der Waals surface area contributed by atoms with Crippen molar-refractivity contribution < 1.29 is 28.4 Å². The quantitative estimate of drug-likeness (QED) is 0.555. The summed E-state index contributed by atoms with van der Waals surface area (Å²) in [6, 6.07) is 0. The Morgan fingerprint density at radius 2 is 1.97 bits per heavy atom. The summed E-state index contributed by atoms with van der Waals surface area (Å²) in [6.45, 7) is 7.01. The van der Waals surface area contributed by atoms with Crippen LogP contribution in [0.1, 0.15) is 46.4 Å². The highest BCUT2D eigenvalue weighted by molar-refractivity contribution is 7.99. The third-order valence-corrected chi connectivity index (χ3v) is 5.65. The lowest BCUT2D eigenvalue weighted by molar-refractivity contribution is -0.144. The first-order chi connectivity index (χ1) is 13.8. The molecule has 0 aliphatic heterocycles. The monoisotopic (exact) mass is 441 g/mol. The van der Waals surface area contributed by atoms with Crippen molar-refractivity contribution in [2.75, 3.05) is 24.3 Å². The van der Waals surface area contributed by atoms with E-state index in [1.807, 2.05) is 13.8 Å². The van der Waals surface area contributed by atoms with Crippen LogP contribution in [-0.2, 0) is 31.2 Å². The molecule has 0 fully saturated rings. The number of carbonyl (C=O) groups excluding carboxylic acids is 3. The summed E-state index contributed by atoms with van der Waals surface area (Å²) in [4.78, 5) is 41.2. The predicted octanol–water partition coefficient (Wildman–Crippen LogP) is 2.90. The van der Waals surface area contributed by atoms with Crippen LogP contribution in [0.25, 0.3) is 0 Å². The number of aryl methyl sites for hydroxylation is 2. The van der Waals surface area contributed by atoms with Gasteiger partial charge in [-0.3, -0.25) is 9.59 Å². The van der Waals surface area contributed by atoms with Gasteiger partial charge in [0.2, 0.25) is 5.89 Å². The summed E-state index contributed by atoms with van der Waals surface area (Å²) >= 11 is 2.55. The molecule has 0 saturated heterocycles. The molecule has 0 saturated carbocycles. The summed E-state index contributed by atoms with van der Waals surface area (Å²) in [5, 5.41) is 6.78. The molecule has 0 aliphatic carbocycles. The first-order valence-corrected chi connectivity index (χ1v) is 10.9. The first-order valence-electron chi connectivity index (χ1n) is 8.97. The van der Waals surface area contributed by atoms with Crippen LogP contribution in [0.5, 0.6) is 0 Å². The Bertz CT molecular complexity index is 877. The second-order valence-corrected chi connectivity index (χ2v) is 8.06. The second kappa shape index (κ2) is 11.0. The van der Waals surface area contributed by atoms with Crippen LogP contribution in [0, 0.1) is 13.8 Å². The van der Waals surface area contributed by atoms with Crippen LogP contribution >= 0.6 is 23.1 Å². The van der Waals surface area contributed by atoms with Gasteiger partial charge < -0.3 is 19.3 Å². The molecule has 2 aromatic rings. The van der Waals surface area contributed by atoms with Crippen molar-refractivity contribution >= 4 is 45.9 Å². The fourth-order valence-electron chi connectivity index (χ4n) is 2.49. The number of ether oxygens (including phenoxy) is 2. The zero-order valence-electron chi connectivity index (χ0n) is 16.7. The van der Waals surface area contributed by atoms with Crippen LogP contribution in [-0.4, -0.2) is 47.0 Å². The fourth-order valence-corrected chi connectivity index (χ4v) is 4.29. The molecular weight excluding hydrogens is 418 g/mol. The van der Waals surface area contributed by atoms with E-state index >= 15 is 0 Å². The number of thioether (sulfide) groups is 1. The van der Waals surface area contributed by atoms with Crippen molar-refractivity contribution in [2.24, 2.45) is 0 Å². The minimum Gasteiger partial charge on any atom is -0.462 e. The number of nitrogens with zero attached hydrogens (tertiary/aromatic N) is 2. The molecule has 2 rings (SSSR count). The molecule has 0 aromatic carbocycles. The summed E-state index contributed by atoms with van der Waals surface area (Å²) in [6.07, 6.45) is 0.637. The number of aromatic nitrogens is 2. The average Bonchev–Trinajstić information content (AvgIpc) is 3.22. The van der Waals surface area contributed by atoms with E-state index in [9.17, 15) is 14.4 Å². The molecule has 0 atom stereocenters. The number of rotatable bonds is 10.